The van der Waals surface area contributed by atoms with Crippen LogP contribution in [-0.4, -0.2) is 63.2 Å². The zero-order chi connectivity index (χ0) is 19.9. The van der Waals surface area contributed by atoms with Crippen LogP contribution >= 0.6 is 0 Å². The zero-order valence-corrected chi connectivity index (χ0v) is 16.1. The minimum atomic E-state index is -1.79. The Labute approximate surface area is 156 Å². The van der Waals surface area contributed by atoms with Gasteiger partial charge < -0.3 is 25.2 Å². The predicted octanol–water partition coefficient (Wildman–Crippen LogP) is 1.48. The smallest absolute Gasteiger partial charge is 0.306 e. The lowest BCUT2D eigenvalue weighted by molar-refractivity contribution is -0.172. The van der Waals surface area contributed by atoms with Crippen molar-refractivity contribution >= 4 is 11.8 Å². The molecule has 0 aliphatic rings. The fraction of sp³-hybridized carbons (Fsp3) is 0.895. The summed E-state index contributed by atoms with van der Waals surface area (Å²) in [6.45, 7) is 2.53. The molecule has 0 aromatic rings. The Morgan fingerprint density at radius 1 is 0.846 bits per heavy atom. The van der Waals surface area contributed by atoms with E-state index in [2.05, 4.69) is 6.92 Å². The van der Waals surface area contributed by atoms with E-state index in [9.17, 15) is 24.9 Å². The van der Waals surface area contributed by atoms with Crippen molar-refractivity contribution in [1.29, 1.82) is 0 Å². The summed E-state index contributed by atoms with van der Waals surface area (Å²) in [5.74, 6) is -1.26. The van der Waals surface area contributed by atoms with E-state index in [1.807, 2.05) is 0 Å². The van der Waals surface area contributed by atoms with E-state index >= 15 is 0 Å². The summed E-state index contributed by atoms with van der Waals surface area (Å²) in [5, 5.41) is 37.7. The van der Waals surface area contributed by atoms with Gasteiger partial charge in [-0.25, -0.2) is 0 Å². The molecule has 0 amide bonds. The van der Waals surface area contributed by atoms with Crippen LogP contribution in [0.15, 0.2) is 0 Å². The Hall–Kier alpha value is -1.02. The van der Waals surface area contributed by atoms with Gasteiger partial charge in [-0.15, -0.1) is 0 Å². The van der Waals surface area contributed by atoms with Crippen LogP contribution < -0.4 is 0 Å². The maximum absolute atomic E-state index is 11.9. The molecule has 0 aliphatic carbocycles. The molecule has 4 N–H and O–H groups in total. The molecule has 154 valence electrons. The average molecular weight is 376 g/mol. The molecule has 26 heavy (non-hydrogen) atoms. The number of esters is 1. The van der Waals surface area contributed by atoms with Crippen LogP contribution in [0.2, 0.25) is 0 Å². The van der Waals surface area contributed by atoms with Gasteiger partial charge in [0.25, 0.3) is 0 Å². The molecule has 0 rings (SSSR count). The minimum absolute atomic E-state index is 0.130. The predicted molar refractivity (Wildman–Crippen MR) is 97.5 cm³/mol. The van der Waals surface area contributed by atoms with Gasteiger partial charge in [0.2, 0.25) is 0 Å². The topological polar surface area (TPSA) is 124 Å². The molecule has 0 aromatic carbocycles. The van der Waals surface area contributed by atoms with Crippen molar-refractivity contribution in [3.05, 3.63) is 0 Å². The number of ketones is 1. The van der Waals surface area contributed by atoms with Crippen molar-refractivity contribution in [2.45, 2.75) is 102 Å². The minimum Gasteiger partial charge on any atom is -0.451 e. The van der Waals surface area contributed by atoms with Crippen molar-refractivity contribution in [2.75, 3.05) is 6.61 Å². The molecule has 4 atom stereocenters. The number of aliphatic hydroxyl groups is 4. The molecule has 0 bridgehead atoms. The normalized spacial score (nSPS) is 15.9. The fourth-order valence-electron chi connectivity index (χ4n) is 2.69. The first kappa shape index (κ1) is 25.0. The van der Waals surface area contributed by atoms with Crippen molar-refractivity contribution < 1.29 is 34.8 Å². The lowest BCUT2D eigenvalue weighted by Gasteiger charge is -2.27. The molecule has 0 saturated carbocycles. The Kier molecular flexibility index (Phi) is 14.5. The highest BCUT2D eigenvalue weighted by molar-refractivity contribution is 5.84. The van der Waals surface area contributed by atoms with Crippen LogP contribution in [0.5, 0.6) is 0 Å². The van der Waals surface area contributed by atoms with Gasteiger partial charge in [0.05, 0.1) is 6.61 Å². The first-order valence-electron chi connectivity index (χ1n) is 9.70. The van der Waals surface area contributed by atoms with E-state index in [1.54, 1.807) is 0 Å². The summed E-state index contributed by atoms with van der Waals surface area (Å²) in [6.07, 6.45) is 3.31. The number of rotatable bonds is 16. The Bertz CT molecular complexity index is 386. The maximum atomic E-state index is 11.9. The first-order chi connectivity index (χ1) is 12.3. The number of aliphatic hydroxyl groups excluding tert-OH is 4. The van der Waals surface area contributed by atoms with Crippen molar-refractivity contribution in [1.82, 2.24) is 0 Å². The molecule has 0 fully saturated rings. The second-order valence-electron chi connectivity index (χ2n) is 6.83. The van der Waals surface area contributed by atoms with Crippen LogP contribution in [-0.2, 0) is 14.3 Å². The summed E-state index contributed by atoms with van der Waals surface area (Å²) in [5.41, 5.74) is 0. The van der Waals surface area contributed by atoms with Gasteiger partial charge >= 0.3 is 5.97 Å². The molecule has 0 spiro atoms. The number of carbonyl (C=O) groups excluding carboxylic acids is 2. The molecule has 0 aromatic heterocycles. The lowest BCUT2D eigenvalue weighted by atomic mass is 10.0. The van der Waals surface area contributed by atoms with Crippen molar-refractivity contribution in [3.63, 3.8) is 0 Å². The standard InChI is InChI=1S/C19H36O7/c1-3-4-5-6-7-8-9-10-11-12-16(23)26-19(14(2)21)18(25)17(24)15(22)13-20/h15,17-20,22,24-25H,3-13H2,1-2H3/t15-,17-,18+,19+/m1/s1. The van der Waals surface area contributed by atoms with Gasteiger partial charge in [0.15, 0.2) is 11.9 Å². The third-order valence-corrected chi connectivity index (χ3v) is 4.38. The van der Waals surface area contributed by atoms with E-state index < -0.39 is 42.8 Å². The summed E-state index contributed by atoms with van der Waals surface area (Å²) in [4.78, 5) is 23.4. The highest BCUT2D eigenvalue weighted by Crippen LogP contribution is 2.13. The molecule has 7 nitrogen and oxygen atoms in total. The third-order valence-electron chi connectivity index (χ3n) is 4.38. The molecule has 0 radical (unpaired) electrons. The molecule has 0 saturated heterocycles. The SMILES string of the molecule is CCCCCCCCCCCC(=O)O[C@@H](C(C)=O)[C@@H](O)[C@H](O)[C@H](O)CO. The molecule has 0 heterocycles. The van der Waals surface area contributed by atoms with E-state index in [-0.39, 0.29) is 6.42 Å². The van der Waals surface area contributed by atoms with Crippen LogP contribution in [0, 0.1) is 0 Å². The Morgan fingerprint density at radius 3 is 1.81 bits per heavy atom. The fourth-order valence-corrected chi connectivity index (χ4v) is 2.69. The van der Waals surface area contributed by atoms with Gasteiger partial charge in [0, 0.05) is 6.42 Å². The zero-order valence-electron chi connectivity index (χ0n) is 16.1. The first-order valence-corrected chi connectivity index (χ1v) is 9.70. The van der Waals surface area contributed by atoms with Gasteiger partial charge in [0.1, 0.15) is 18.3 Å². The van der Waals surface area contributed by atoms with Crippen LogP contribution in [0.4, 0.5) is 0 Å². The molecule has 7 heteroatoms. The number of carbonyl (C=O) groups is 2. The summed E-state index contributed by atoms with van der Waals surface area (Å²) < 4.78 is 4.97. The maximum Gasteiger partial charge on any atom is 0.306 e. The molecular weight excluding hydrogens is 340 g/mol. The van der Waals surface area contributed by atoms with Gasteiger partial charge in [-0.1, -0.05) is 58.3 Å². The average Bonchev–Trinajstić information content (AvgIpc) is 2.62. The number of ether oxygens (including phenoxy) is 1. The van der Waals surface area contributed by atoms with Crippen molar-refractivity contribution in [2.24, 2.45) is 0 Å². The molecule has 0 unspecified atom stereocenters. The van der Waals surface area contributed by atoms with E-state index in [0.29, 0.717) is 6.42 Å². The van der Waals surface area contributed by atoms with Crippen LogP contribution in [0.1, 0.15) is 78.1 Å². The van der Waals surface area contributed by atoms with Gasteiger partial charge in [-0.05, 0) is 13.3 Å². The highest BCUT2D eigenvalue weighted by Gasteiger charge is 2.36. The number of hydrogen-bond donors (Lipinski definition) is 4. The Balaban J connectivity index is 4.07. The highest BCUT2D eigenvalue weighted by atomic mass is 16.6. The summed E-state index contributed by atoms with van der Waals surface area (Å²) in [7, 11) is 0. The summed E-state index contributed by atoms with van der Waals surface area (Å²) in [6, 6.07) is 0. The second-order valence-corrected chi connectivity index (χ2v) is 6.83. The van der Waals surface area contributed by atoms with Crippen LogP contribution in [0.25, 0.3) is 0 Å². The number of hydrogen-bond acceptors (Lipinski definition) is 7. The van der Waals surface area contributed by atoms with E-state index in [0.717, 1.165) is 26.2 Å². The second kappa shape index (κ2) is 15.1. The number of unbranched alkanes of at least 4 members (excludes halogenated alkanes) is 8. The monoisotopic (exact) mass is 376 g/mol. The van der Waals surface area contributed by atoms with Gasteiger partial charge in [-0.2, -0.15) is 0 Å². The van der Waals surface area contributed by atoms with Crippen molar-refractivity contribution in [3.8, 4) is 0 Å². The Morgan fingerprint density at radius 2 is 1.35 bits per heavy atom. The number of Topliss-reactive ketones (excluding diaryl/α,β-unsaturated/α-hetero) is 1. The van der Waals surface area contributed by atoms with Gasteiger partial charge in [-0.3, -0.25) is 9.59 Å². The molecule has 0 aliphatic heterocycles. The van der Waals surface area contributed by atoms with E-state index in [4.69, 9.17) is 9.84 Å². The largest absolute Gasteiger partial charge is 0.451 e. The van der Waals surface area contributed by atoms with E-state index in [1.165, 1.54) is 32.1 Å². The third kappa shape index (κ3) is 10.9. The van der Waals surface area contributed by atoms with Crippen LogP contribution in [0.3, 0.4) is 0 Å². The quantitative estimate of drug-likeness (QED) is 0.237. The molecular formula is C19H36O7. The lowest BCUT2D eigenvalue weighted by Crippen LogP contribution is -2.49. The summed E-state index contributed by atoms with van der Waals surface area (Å²) >= 11 is 0.